The van der Waals surface area contributed by atoms with Crippen LogP contribution >= 0.6 is 0 Å². The molecule has 1 fully saturated rings. The second-order valence-corrected chi connectivity index (χ2v) is 4.72. The molecular formula is C14H19FN2O. The number of halogens is 1. The average molecular weight is 250 g/mol. The Morgan fingerprint density at radius 3 is 2.61 bits per heavy atom. The van der Waals surface area contributed by atoms with E-state index in [1.165, 1.54) is 12.1 Å². The van der Waals surface area contributed by atoms with Crippen molar-refractivity contribution < 1.29 is 9.18 Å². The van der Waals surface area contributed by atoms with Gasteiger partial charge in [-0.1, -0.05) is 13.3 Å². The highest BCUT2D eigenvalue weighted by atomic mass is 19.1. The Morgan fingerprint density at radius 1 is 1.39 bits per heavy atom. The van der Waals surface area contributed by atoms with Crippen LogP contribution in [0.2, 0.25) is 0 Å². The molecule has 2 rings (SSSR count). The van der Waals surface area contributed by atoms with Gasteiger partial charge in [0.25, 0.3) is 0 Å². The summed E-state index contributed by atoms with van der Waals surface area (Å²) in [6.45, 7) is 2.91. The van der Waals surface area contributed by atoms with Gasteiger partial charge >= 0.3 is 6.03 Å². The Kier molecular flexibility index (Phi) is 4.18. The van der Waals surface area contributed by atoms with Gasteiger partial charge in [0.1, 0.15) is 5.82 Å². The third-order valence-corrected chi connectivity index (χ3v) is 3.10. The number of carbonyl (C=O) groups excluding carboxylic acids is 1. The van der Waals surface area contributed by atoms with Crippen LogP contribution in [-0.4, -0.2) is 23.5 Å². The Bertz CT molecular complexity index is 401. The highest BCUT2D eigenvalue weighted by Gasteiger charge is 2.31. The minimum Gasteiger partial charge on any atom is -0.322 e. The molecule has 0 heterocycles. The summed E-state index contributed by atoms with van der Waals surface area (Å²) in [4.78, 5) is 14.0. The van der Waals surface area contributed by atoms with Crippen LogP contribution in [0.5, 0.6) is 0 Å². The van der Waals surface area contributed by atoms with E-state index in [9.17, 15) is 9.18 Å². The molecule has 1 N–H and O–H groups in total. The molecular weight excluding hydrogens is 231 g/mol. The fourth-order valence-corrected chi connectivity index (χ4v) is 1.89. The van der Waals surface area contributed by atoms with E-state index in [0.29, 0.717) is 11.7 Å². The number of rotatable bonds is 5. The van der Waals surface area contributed by atoms with Crippen LogP contribution < -0.4 is 5.32 Å². The molecule has 0 spiro atoms. The molecule has 1 aromatic rings. The zero-order valence-corrected chi connectivity index (χ0v) is 10.7. The fourth-order valence-electron chi connectivity index (χ4n) is 1.89. The molecule has 98 valence electrons. The maximum atomic E-state index is 12.8. The van der Waals surface area contributed by atoms with Crippen LogP contribution in [0.4, 0.5) is 14.9 Å². The second-order valence-electron chi connectivity index (χ2n) is 4.72. The van der Waals surface area contributed by atoms with Crippen LogP contribution in [0.1, 0.15) is 32.6 Å². The predicted molar refractivity (Wildman–Crippen MR) is 70.1 cm³/mol. The molecule has 1 aromatic carbocycles. The topological polar surface area (TPSA) is 32.3 Å². The normalized spacial score (nSPS) is 14.3. The number of amides is 2. The van der Waals surface area contributed by atoms with Crippen LogP contribution in [-0.2, 0) is 0 Å². The Balaban J connectivity index is 1.93. The molecule has 1 aliphatic rings. The number of unbranched alkanes of at least 4 members (excludes halogenated alkanes) is 1. The van der Waals surface area contributed by atoms with E-state index in [1.54, 1.807) is 12.1 Å². The molecule has 1 aliphatic carbocycles. The van der Waals surface area contributed by atoms with Crippen LogP contribution in [0, 0.1) is 5.82 Å². The first-order valence-electron chi connectivity index (χ1n) is 6.54. The molecule has 1 saturated carbocycles. The standard InChI is InChI=1S/C14H19FN2O/c1-2-3-10-17(13-8-9-13)14(18)16-12-6-4-11(15)5-7-12/h4-7,13H,2-3,8-10H2,1H3,(H,16,18). The monoisotopic (exact) mass is 250 g/mol. The lowest BCUT2D eigenvalue weighted by molar-refractivity contribution is 0.208. The average Bonchev–Trinajstić information content (AvgIpc) is 3.17. The third-order valence-electron chi connectivity index (χ3n) is 3.10. The molecule has 0 atom stereocenters. The molecule has 0 saturated heterocycles. The van der Waals surface area contributed by atoms with Crippen molar-refractivity contribution in [2.75, 3.05) is 11.9 Å². The minimum absolute atomic E-state index is 0.0717. The summed E-state index contributed by atoms with van der Waals surface area (Å²) in [7, 11) is 0. The van der Waals surface area contributed by atoms with E-state index in [2.05, 4.69) is 12.2 Å². The lowest BCUT2D eigenvalue weighted by atomic mass is 10.3. The van der Waals surface area contributed by atoms with Crippen molar-refractivity contribution in [2.24, 2.45) is 0 Å². The van der Waals surface area contributed by atoms with Crippen molar-refractivity contribution >= 4 is 11.7 Å². The SMILES string of the molecule is CCCCN(C(=O)Nc1ccc(F)cc1)C1CC1. The largest absolute Gasteiger partial charge is 0.322 e. The van der Waals surface area contributed by atoms with Gasteiger partial charge in [-0.25, -0.2) is 9.18 Å². The van der Waals surface area contributed by atoms with Gasteiger partial charge in [0.05, 0.1) is 0 Å². The summed E-state index contributed by atoms with van der Waals surface area (Å²) in [6.07, 6.45) is 4.29. The van der Waals surface area contributed by atoms with Crippen LogP contribution in [0.3, 0.4) is 0 Å². The van der Waals surface area contributed by atoms with Crippen molar-refractivity contribution in [3.05, 3.63) is 30.1 Å². The molecule has 0 aliphatic heterocycles. The lowest BCUT2D eigenvalue weighted by Gasteiger charge is -2.22. The first-order chi connectivity index (χ1) is 8.70. The first-order valence-corrected chi connectivity index (χ1v) is 6.54. The first kappa shape index (κ1) is 12.9. The van der Waals surface area contributed by atoms with Gasteiger partial charge < -0.3 is 10.2 Å². The van der Waals surface area contributed by atoms with Gasteiger partial charge in [0.2, 0.25) is 0 Å². The summed E-state index contributed by atoms with van der Waals surface area (Å²) in [5.74, 6) is -0.293. The Hall–Kier alpha value is -1.58. The van der Waals surface area contributed by atoms with Crippen molar-refractivity contribution in [3.8, 4) is 0 Å². The smallest absolute Gasteiger partial charge is 0.322 e. The van der Waals surface area contributed by atoms with Gasteiger partial charge in [0.15, 0.2) is 0 Å². The number of nitrogens with zero attached hydrogens (tertiary/aromatic N) is 1. The molecule has 0 radical (unpaired) electrons. The van der Waals surface area contributed by atoms with E-state index < -0.39 is 0 Å². The van der Waals surface area contributed by atoms with Gasteiger partial charge in [0, 0.05) is 18.3 Å². The number of urea groups is 1. The van der Waals surface area contributed by atoms with E-state index in [-0.39, 0.29) is 11.8 Å². The Morgan fingerprint density at radius 2 is 2.06 bits per heavy atom. The van der Waals surface area contributed by atoms with Crippen LogP contribution in [0.25, 0.3) is 0 Å². The summed E-state index contributed by atoms with van der Waals surface area (Å²) >= 11 is 0. The lowest BCUT2D eigenvalue weighted by Crippen LogP contribution is -2.37. The van der Waals surface area contributed by atoms with Gasteiger partial charge in [-0.05, 0) is 43.5 Å². The molecule has 18 heavy (non-hydrogen) atoms. The number of carbonyl (C=O) groups is 1. The number of hydrogen-bond acceptors (Lipinski definition) is 1. The highest BCUT2D eigenvalue weighted by Crippen LogP contribution is 2.27. The number of hydrogen-bond donors (Lipinski definition) is 1. The summed E-state index contributed by atoms with van der Waals surface area (Å²) < 4.78 is 12.8. The predicted octanol–water partition coefficient (Wildman–Crippen LogP) is 3.62. The molecule has 2 amide bonds. The molecule has 3 nitrogen and oxygen atoms in total. The van der Waals surface area contributed by atoms with Gasteiger partial charge in [-0.3, -0.25) is 0 Å². The quantitative estimate of drug-likeness (QED) is 0.850. The van der Waals surface area contributed by atoms with Crippen molar-refractivity contribution in [1.82, 2.24) is 4.90 Å². The van der Waals surface area contributed by atoms with E-state index in [4.69, 9.17) is 0 Å². The van der Waals surface area contributed by atoms with Crippen LogP contribution in [0.15, 0.2) is 24.3 Å². The maximum Gasteiger partial charge on any atom is 0.322 e. The summed E-state index contributed by atoms with van der Waals surface area (Å²) in [6, 6.07) is 6.19. The number of nitrogens with one attached hydrogen (secondary N) is 1. The molecule has 0 aromatic heterocycles. The molecule has 0 unspecified atom stereocenters. The third kappa shape index (κ3) is 3.45. The van der Waals surface area contributed by atoms with E-state index >= 15 is 0 Å². The van der Waals surface area contributed by atoms with Crippen molar-refractivity contribution in [3.63, 3.8) is 0 Å². The van der Waals surface area contributed by atoms with E-state index in [1.807, 2.05) is 4.90 Å². The van der Waals surface area contributed by atoms with Crippen molar-refractivity contribution in [2.45, 2.75) is 38.6 Å². The second kappa shape index (κ2) is 5.85. The maximum absolute atomic E-state index is 12.8. The minimum atomic E-state index is -0.293. The van der Waals surface area contributed by atoms with Gasteiger partial charge in [-0.15, -0.1) is 0 Å². The van der Waals surface area contributed by atoms with E-state index in [0.717, 1.165) is 32.2 Å². The Labute approximate surface area is 107 Å². The highest BCUT2D eigenvalue weighted by molar-refractivity contribution is 5.89. The van der Waals surface area contributed by atoms with Crippen molar-refractivity contribution in [1.29, 1.82) is 0 Å². The summed E-state index contributed by atoms with van der Waals surface area (Å²) in [5.41, 5.74) is 0.642. The summed E-state index contributed by atoms with van der Waals surface area (Å²) in [5, 5.41) is 2.82. The molecule has 4 heteroatoms. The zero-order valence-electron chi connectivity index (χ0n) is 10.7. The number of benzene rings is 1. The van der Waals surface area contributed by atoms with Gasteiger partial charge in [-0.2, -0.15) is 0 Å². The molecule has 0 bridgehead atoms. The number of anilines is 1. The zero-order chi connectivity index (χ0) is 13.0. The fraction of sp³-hybridized carbons (Fsp3) is 0.500.